The zero-order valence-corrected chi connectivity index (χ0v) is 14.1. The van der Waals surface area contributed by atoms with Crippen molar-refractivity contribution in [1.82, 2.24) is 15.0 Å². The van der Waals surface area contributed by atoms with Crippen LogP contribution in [0.25, 0.3) is 0 Å². The highest BCUT2D eigenvalue weighted by Crippen LogP contribution is 2.28. The molecule has 2 aromatic rings. The SMILES string of the molecule is COC(=O)Nc1nc2c(s1)CN(CC(=O)Nc1cc(C)on1)CC2. The van der Waals surface area contributed by atoms with Gasteiger partial charge in [-0.2, -0.15) is 0 Å². The van der Waals surface area contributed by atoms with Crippen molar-refractivity contribution in [2.24, 2.45) is 0 Å². The van der Waals surface area contributed by atoms with Crippen molar-refractivity contribution in [2.45, 2.75) is 19.9 Å². The van der Waals surface area contributed by atoms with Crippen LogP contribution in [0.2, 0.25) is 0 Å². The van der Waals surface area contributed by atoms with Crippen LogP contribution in [0.5, 0.6) is 0 Å². The molecule has 1 aliphatic rings. The minimum Gasteiger partial charge on any atom is -0.453 e. The van der Waals surface area contributed by atoms with Crippen LogP contribution < -0.4 is 10.6 Å². The molecule has 0 bridgehead atoms. The Labute approximate surface area is 142 Å². The largest absolute Gasteiger partial charge is 0.453 e. The van der Waals surface area contributed by atoms with E-state index in [-0.39, 0.29) is 12.5 Å². The van der Waals surface area contributed by atoms with E-state index in [1.54, 1.807) is 13.0 Å². The van der Waals surface area contributed by atoms with E-state index in [1.807, 2.05) is 4.90 Å². The Bertz CT molecular complexity index is 756. The summed E-state index contributed by atoms with van der Waals surface area (Å²) in [5.41, 5.74) is 0.954. The summed E-state index contributed by atoms with van der Waals surface area (Å²) in [6.07, 6.45) is 0.186. The molecule has 10 heteroatoms. The fourth-order valence-corrected chi connectivity index (χ4v) is 3.42. The number of hydrogen-bond donors (Lipinski definition) is 2. The van der Waals surface area contributed by atoms with Crippen LogP contribution in [0.4, 0.5) is 15.7 Å². The van der Waals surface area contributed by atoms with Crippen LogP contribution in [0.3, 0.4) is 0 Å². The number of rotatable bonds is 4. The quantitative estimate of drug-likeness (QED) is 0.861. The second-order valence-electron chi connectivity index (χ2n) is 5.34. The van der Waals surface area contributed by atoms with E-state index in [9.17, 15) is 9.59 Å². The van der Waals surface area contributed by atoms with Crippen LogP contribution in [-0.4, -0.2) is 47.2 Å². The molecule has 3 heterocycles. The maximum absolute atomic E-state index is 12.1. The number of nitrogens with zero attached hydrogens (tertiary/aromatic N) is 3. The Kier molecular flexibility index (Phi) is 4.76. The van der Waals surface area contributed by atoms with Crippen LogP contribution in [0.15, 0.2) is 10.6 Å². The van der Waals surface area contributed by atoms with E-state index in [0.717, 1.165) is 23.5 Å². The Morgan fingerprint density at radius 3 is 3.00 bits per heavy atom. The topological polar surface area (TPSA) is 110 Å². The molecule has 0 saturated carbocycles. The minimum atomic E-state index is -0.541. The van der Waals surface area contributed by atoms with E-state index in [1.165, 1.54) is 18.4 Å². The third-order valence-corrected chi connectivity index (χ3v) is 4.47. The van der Waals surface area contributed by atoms with Crippen LogP contribution in [0, 0.1) is 6.92 Å². The zero-order chi connectivity index (χ0) is 17.1. The fraction of sp³-hybridized carbons (Fsp3) is 0.429. The van der Waals surface area contributed by atoms with Gasteiger partial charge >= 0.3 is 6.09 Å². The van der Waals surface area contributed by atoms with E-state index >= 15 is 0 Å². The predicted molar refractivity (Wildman–Crippen MR) is 87.0 cm³/mol. The van der Waals surface area contributed by atoms with Gasteiger partial charge in [0.15, 0.2) is 10.9 Å². The van der Waals surface area contributed by atoms with Gasteiger partial charge in [0.2, 0.25) is 5.91 Å². The molecule has 128 valence electrons. The lowest BCUT2D eigenvalue weighted by molar-refractivity contribution is -0.117. The summed E-state index contributed by atoms with van der Waals surface area (Å²) >= 11 is 1.39. The molecule has 0 saturated heterocycles. The first kappa shape index (κ1) is 16.4. The molecular formula is C14H17N5O4S. The van der Waals surface area contributed by atoms with Crippen molar-refractivity contribution in [1.29, 1.82) is 0 Å². The number of carbonyl (C=O) groups is 2. The van der Waals surface area contributed by atoms with Crippen molar-refractivity contribution in [2.75, 3.05) is 30.8 Å². The van der Waals surface area contributed by atoms with Gasteiger partial charge in [0.1, 0.15) is 5.76 Å². The normalized spacial score (nSPS) is 14.1. The van der Waals surface area contributed by atoms with Crippen molar-refractivity contribution in [3.63, 3.8) is 0 Å². The number of fused-ring (bicyclic) bond motifs is 1. The Hall–Kier alpha value is -2.46. The first-order chi connectivity index (χ1) is 11.5. The van der Waals surface area contributed by atoms with Crippen LogP contribution in [-0.2, 0) is 22.5 Å². The summed E-state index contributed by atoms with van der Waals surface area (Å²) in [5.74, 6) is 0.907. The highest BCUT2D eigenvalue weighted by Gasteiger charge is 2.23. The molecule has 0 unspecified atom stereocenters. The summed E-state index contributed by atoms with van der Waals surface area (Å²) in [5, 5.41) is 9.52. The second-order valence-corrected chi connectivity index (χ2v) is 6.42. The smallest absolute Gasteiger partial charge is 0.413 e. The van der Waals surface area contributed by atoms with Crippen molar-refractivity contribution in [3.05, 3.63) is 22.4 Å². The van der Waals surface area contributed by atoms with Crippen LogP contribution >= 0.6 is 11.3 Å². The van der Waals surface area contributed by atoms with Crippen molar-refractivity contribution < 1.29 is 18.8 Å². The summed E-state index contributed by atoms with van der Waals surface area (Å²) in [6.45, 7) is 3.35. The molecule has 0 spiro atoms. The molecule has 3 rings (SSSR count). The van der Waals surface area contributed by atoms with Gasteiger partial charge < -0.3 is 14.6 Å². The van der Waals surface area contributed by atoms with Crippen molar-refractivity contribution >= 4 is 34.3 Å². The number of aromatic nitrogens is 2. The third-order valence-electron chi connectivity index (χ3n) is 3.47. The molecule has 1 aliphatic heterocycles. The monoisotopic (exact) mass is 351 g/mol. The summed E-state index contributed by atoms with van der Waals surface area (Å²) < 4.78 is 9.47. The zero-order valence-electron chi connectivity index (χ0n) is 13.3. The molecule has 24 heavy (non-hydrogen) atoms. The van der Waals surface area contributed by atoms with Gasteiger partial charge in [0.25, 0.3) is 0 Å². The number of aryl methyl sites for hydroxylation is 1. The van der Waals surface area contributed by atoms with E-state index in [4.69, 9.17) is 4.52 Å². The van der Waals surface area contributed by atoms with Gasteiger partial charge in [-0.1, -0.05) is 16.5 Å². The summed E-state index contributed by atoms with van der Waals surface area (Å²) in [6, 6.07) is 1.67. The first-order valence-corrected chi connectivity index (χ1v) is 8.14. The third kappa shape index (κ3) is 3.89. The molecule has 0 atom stereocenters. The lowest BCUT2D eigenvalue weighted by atomic mass is 10.2. The maximum Gasteiger partial charge on any atom is 0.413 e. The minimum absolute atomic E-state index is 0.149. The lowest BCUT2D eigenvalue weighted by Crippen LogP contribution is -2.36. The highest BCUT2D eigenvalue weighted by atomic mass is 32.1. The molecule has 0 fully saturated rings. The van der Waals surface area contributed by atoms with E-state index in [0.29, 0.717) is 23.3 Å². The molecular weight excluding hydrogens is 334 g/mol. The first-order valence-electron chi connectivity index (χ1n) is 7.32. The Morgan fingerprint density at radius 1 is 1.46 bits per heavy atom. The van der Waals surface area contributed by atoms with Gasteiger partial charge in [-0.15, -0.1) is 0 Å². The van der Waals surface area contributed by atoms with Gasteiger partial charge in [-0.05, 0) is 6.92 Å². The number of thiazole rings is 1. The number of carbonyl (C=O) groups excluding carboxylic acids is 2. The molecule has 9 nitrogen and oxygen atoms in total. The molecule has 2 amide bonds. The molecule has 0 aliphatic carbocycles. The number of anilines is 2. The highest BCUT2D eigenvalue weighted by molar-refractivity contribution is 7.15. The second kappa shape index (κ2) is 6.97. The number of hydrogen-bond acceptors (Lipinski definition) is 8. The molecule has 2 N–H and O–H groups in total. The van der Waals surface area contributed by atoms with Gasteiger partial charge in [0.05, 0.1) is 19.3 Å². The maximum atomic E-state index is 12.1. The average molecular weight is 351 g/mol. The summed E-state index contributed by atoms with van der Waals surface area (Å²) in [7, 11) is 1.31. The van der Waals surface area contributed by atoms with Gasteiger partial charge in [-0.3, -0.25) is 15.0 Å². The number of ether oxygens (including phenoxy) is 1. The van der Waals surface area contributed by atoms with Gasteiger partial charge in [0, 0.05) is 30.5 Å². The molecule has 0 radical (unpaired) electrons. The van der Waals surface area contributed by atoms with E-state index < -0.39 is 6.09 Å². The van der Waals surface area contributed by atoms with Crippen LogP contribution in [0.1, 0.15) is 16.3 Å². The number of amides is 2. The van der Waals surface area contributed by atoms with E-state index in [2.05, 4.69) is 25.5 Å². The lowest BCUT2D eigenvalue weighted by Gasteiger charge is -2.24. The molecule has 2 aromatic heterocycles. The Balaban J connectivity index is 1.56. The Morgan fingerprint density at radius 2 is 2.29 bits per heavy atom. The summed E-state index contributed by atoms with van der Waals surface area (Å²) in [4.78, 5) is 30.7. The van der Waals surface area contributed by atoms with Gasteiger partial charge in [-0.25, -0.2) is 9.78 Å². The molecule has 0 aromatic carbocycles. The average Bonchev–Trinajstić information content (AvgIpc) is 3.12. The fourth-order valence-electron chi connectivity index (χ4n) is 2.39. The van der Waals surface area contributed by atoms with Crippen molar-refractivity contribution in [3.8, 4) is 0 Å². The predicted octanol–water partition coefficient (Wildman–Crippen LogP) is 1.61. The number of nitrogens with one attached hydrogen (secondary N) is 2. The standard InChI is InChI=1S/C14H17N5O4S/c1-8-5-11(18-23-8)16-12(20)7-19-4-3-9-10(6-19)24-13(15-9)17-14(21)22-2/h5H,3-4,6-7H2,1-2H3,(H,15,17,21)(H,16,18,20). The number of methoxy groups -OCH3 is 1.